The maximum absolute atomic E-state index is 11.4. The average Bonchev–Trinajstić information content (AvgIpc) is 3.13. The Hall–Kier alpha value is -1.27. The van der Waals surface area contributed by atoms with Crippen molar-refractivity contribution in [1.29, 1.82) is 0 Å². The summed E-state index contributed by atoms with van der Waals surface area (Å²) in [5.74, 6) is 1.28. The van der Waals surface area contributed by atoms with Gasteiger partial charge in [-0.1, -0.05) is 0 Å². The van der Waals surface area contributed by atoms with Crippen molar-refractivity contribution < 1.29 is 14.3 Å². The Bertz CT molecular complexity index is 455. The fraction of sp³-hybridized carbons (Fsp3) is 0.615. The van der Waals surface area contributed by atoms with Gasteiger partial charge in [-0.25, -0.2) is 0 Å². The number of carbonyl (C=O) groups excluding carboxylic acids is 1. The van der Waals surface area contributed by atoms with Crippen LogP contribution in [0.1, 0.15) is 29.4 Å². The van der Waals surface area contributed by atoms with Crippen molar-refractivity contribution >= 4 is 27.8 Å². The minimum absolute atomic E-state index is 0.0427. The summed E-state index contributed by atoms with van der Waals surface area (Å²) in [7, 11) is 1.55. The number of anilines is 2. The molecule has 1 aromatic heterocycles. The van der Waals surface area contributed by atoms with Crippen LogP contribution in [0.5, 0.6) is 5.75 Å². The van der Waals surface area contributed by atoms with Crippen LogP contribution in [0.15, 0.2) is 0 Å². The maximum atomic E-state index is 11.4. The van der Waals surface area contributed by atoms with Crippen LogP contribution in [-0.2, 0) is 4.74 Å². The summed E-state index contributed by atoms with van der Waals surface area (Å²) in [4.78, 5) is 12.0. The molecule has 0 bridgehead atoms. The molecule has 1 aliphatic carbocycles. The number of nitrogens with two attached hydrogens (primary N) is 1. The van der Waals surface area contributed by atoms with Crippen molar-refractivity contribution in [3.05, 3.63) is 4.88 Å². The van der Waals surface area contributed by atoms with Crippen LogP contribution in [0.3, 0.4) is 0 Å². The molecule has 1 aliphatic rings. The molecule has 3 N–H and O–H groups in total. The molecule has 2 rings (SSSR count). The van der Waals surface area contributed by atoms with E-state index < -0.39 is 0 Å². The van der Waals surface area contributed by atoms with Gasteiger partial charge in [0, 0.05) is 20.1 Å². The maximum Gasteiger partial charge on any atom is 0.176 e. The summed E-state index contributed by atoms with van der Waals surface area (Å²) < 4.78 is 10.8. The lowest BCUT2D eigenvalue weighted by molar-refractivity contribution is 0.102. The second-order valence-electron chi connectivity index (χ2n) is 4.71. The highest BCUT2D eigenvalue weighted by molar-refractivity contribution is 7.19. The lowest BCUT2D eigenvalue weighted by atomic mass is 10.3. The molecule has 0 amide bonds. The molecular weight excluding hydrogens is 264 g/mol. The van der Waals surface area contributed by atoms with Crippen molar-refractivity contribution in [1.82, 2.24) is 0 Å². The standard InChI is InChI=1S/C13H20N2O3S/c1-8(16)12-10(14)11(17-2)13(19-12)15-5-6-18-7-9-3-4-9/h9,15H,3-7,14H2,1-2H3. The molecule has 1 fully saturated rings. The SMILES string of the molecule is COc1c(NCCOCC2CC2)sc(C(C)=O)c1N. The highest BCUT2D eigenvalue weighted by atomic mass is 32.1. The minimum Gasteiger partial charge on any atom is -0.492 e. The number of ether oxygens (including phenoxy) is 2. The second-order valence-corrected chi connectivity index (χ2v) is 5.73. The van der Waals surface area contributed by atoms with Crippen LogP contribution >= 0.6 is 11.3 Å². The first-order valence-corrected chi connectivity index (χ1v) is 7.24. The predicted octanol–water partition coefficient (Wildman–Crippen LogP) is 2.38. The van der Waals surface area contributed by atoms with E-state index in [1.54, 1.807) is 7.11 Å². The fourth-order valence-corrected chi connectivity index (χ4v) is 2.79. The van der Waals surface area contributed by atoms with E-state index in [0.717, 1.165) is 17.5 Å². The van der Waals surface area contributed by atoms with E-state index in [2.05, 4.69) is 5.32 Å². The quantitative estimate of drug-likeness (QED) is 0.566. The van der Waals surface area contributed by atoms with E-state index in [9.17, 15) is 4.79 Å². The summed E-state index contributed by atoms with van der Waals surface area (Å²) in [5.41, 5.74) is 6.31. The van der Waals surface area contributed by atoms with Crippen LogP contribution in [-0.4, -0.2) is 32.7 Å². The van der Waals surface area contributed by atoms with Crippen molar-refractivity contribution in [2.45, 2.75) is 19.8 Å². The third kappa shape index (κ3) is 3.61. The number of hydrogen-bond donors (Lipinski definition) is 2. The highest BCUT2D eigenvalue weighted by Gasteiger charge is 2.21. The minimum atomic E-state index is -0.0427. The lowest BCUT2D eigenvalue weighted by Crippen LogP contribution is -2.10. The number of methoxy groups -OCH3 is 1. The molecule has 6 heteroatoms. The Morgan fingerprint density at radius 1 is 1.53 bits per heavy atom. The average molecular weight is 284 g/mol. The Labute approximate surface area is 117 Å². The van der Waals surface area contributed by atoms with Crippen molar-refractivity contribution in [3.8, 4) is 5.75 Å². The molecule has 106 valence electrons. The van der Waals surface area contributed by atoms with Gasteiger partial charge in [0.05, 0.1) is 24.3 Å². The Balaban J connectivity index is 1.87. The van der Waals surface area contributed by atoms with E-state index in [4.69, 9.17) is 15.2 Å². The van der Waals surface area contributed by atoms with Crippen LogP contribution < -0.4 is 15.8 Å². The van der Waals surface area contributed by atoms with Crippen molar-refractivity contribution in [2.75, 3.05) is 37.9 Å². The molecule has 1 saturated carbocycles. The lowest BCUT2D eigenvalue weighted by Gasteiger charge is -2.07. The van der Waals surface area contributed by atoms with Crippen LogP contribution in [0, 0.1) is 5.92 Å². The summed E-state index contributed by atoms with van der Waals surface area (Å²) in [5, 5.41) is 4.00. The summed E-state index contributed by atoms with van der Waals surface area (Å²) >= 11 is 1.33. The van der Waals surface area contributed by atoms with Gasteiger partial charge in [0.1, 0.15) is 5.00 Å². The molecule has 0 spiro atoms. The first-order valence-electron chi connectivity index (χ1n) is 6.42. The normalized spacial score (nSPS) is 14.4. The van der Waals surface area contributed by atoms with Gasteiger partial charge in [-0.15, -0.1) is 11.3 Å². The van der Waals surface area contributed by atoms with Crippen LogP contribution in [0.4, 0.5) is 10.7 Å². The number of nitrogens with one attached hydrogen (secondary N) is 1. The van der Waals surface area contributed by atoms with E-state index >= 15 is 0 Å². The zero-order valence-corrected chi connectivity index (χ0v) is 12.1. The number of nitrogen functional groups attached to an aromatic ring is 1. The van der Waals surface area contributed by atoms with Gasteiger partial charge in [-0.2, -0.15) is 0 Å². The number of ketones is 1. The molecular formula is C13H20N2O3S. The number of carbonyl (C=O) groups is 1. The predicted molar refractivity (Wildman–Crippen MR) is 77.3 cm³/mol. The van der Waals surface area contributed by atoms with Gasteiger partial charge < -0.3 is 20.5 Å². The molecule has 0 aliphatic heterocycles. The third-order valence-electron chi connectivity index (χ3n) is 3.01. The molecule has 1 aromatic rings. The van der Waals surface area contributed by atoms with Gasteiger partial charge in [-0.3, -0.25) is 4.79 Å². The van der Waals surface area contributed by atoms with E-state index in [0.29, 0.717) is 29.5 Å². The topological polar surface area (TPSA) is 73.6 Å². The van der Waals surface area contributed by atoms with Crippen molar-refractivity contribution in [2.24, 2.45) is 5.92 Å². The molecule has 0 aromatic carbocycles. The third-order valence-corrected chi connectivity index (χ3v) is 4.25. The zero-order valence-electron chi connectivity index (χ0n) is 11.3. The van der Waals surface area contributed by atoms with Gasteiger partial charge in [0.2, 0.25) is 0 Å². The zero-order chi connectivity index (χ0) is 13.8. The van der Waals surface area contributed by atoms with E-state index in [1.165, 1.54) is 31.1 Å². The summed E-state index contributed by atoms with van der Waals surface area (Å²) in [6, 6.07) is 0. The first kappa shape index (κ1) is 14.1. The van der Waals surface area contributed by atoms with Gasteiger partial charge in [-0.05, 0) is 18.8 Å². The van der Waals surface area contributed by atoms with Gasteiger partial charge in [0.15, 0.2) is 11.5 Å². The summed E-state index contributed by atoms with van der Waals surface area (Å²) in [6.07, 6.45) is 2.59. The number of rotatable bonds is 8. The second kappa shape index (κ2) is 6.25. The number of thiophene rings is 1. The van der Waals surface area contributed by atoms with Gasteiger partial charge >= 0.3 is 0 Å². The molecule has 1 heterocycles. The van der Waals surface area contributed by atoms with Gasteiger partial charge in [0.25, 0.3) is 0 Å². The Morgan fingerprint density at radius 3 is 2.84 bits per heavy atom. The number of hydrogen-bond acceptors (Lipinski definition) is 6. The van der Waals surface area contributed by atoms with Crippen molar-refractivity contribution in [3.63, 3.8) is 0 Å². The molecule has 19 heavy (non-hydrogen) atoms. The van der Waals surface area contributed by atoms with E-state index in [-0.39, 0.29) is 5.78 Å². The number of Topliss-reactive ketones (excluding diaryl/α,β-unsaturated/α-hetero) is 1. The molecule has 0 unspecified atom stereocenters. The Morgan fingerprint density at radius 2 is 2.26 bits per heavy atom. The fourth-order valence-electron chi connectivity index (χ4n) is 1.78. The molecule has 0 saturated heterocycles. The summed E-state index contributed by atoms with van der Waals surface area (Å²) in [6.45, 7) is 3.68. The highest BCUT2D eigenvalue weighted by Crippen LogP contribution is 2.42. The van der Waals surface area contributed by atoms with Crippen LogP contribution in [0.25, 0.3) is 0 Å². The largest absolute Gasteiger partial charge is 0.492 e. The Kier molecular flexibility index (Phi) is 4.66. The molecule has 0 atom stereocenters. The first-order chi connectivity index (χ1) is 9.13. The molecule has 0 radical (unpaired) electrons. The van der Waals surface area contributed by atoms with E-state index in [1.807, 2.05) is 0 Å². The molecule has 5 nitrogen and oxygen atoms in total. The monoisotopic (exact) mass is 284 g/mol. The smallest absolute Gasteiger partial charge is 0.176 e. The van der Waals surface area contributed by atoms with Crippen LogP contribution in [0.2, 0.25) is 0 Å².